The largest absolute Gasteiger partial charge is 0.463 e. The van der Waals surface area contributed by atoms with Gasteiger partial charge in [-0.2, -0.15) is 0 Å². The molecule has 1 aliphatic heterocycles. The fourth-order valence-corrected chi connectivity index (χ4v) is 2.55. The van der Waals surface area contributed by atoms with Gasteiger partial charge in [0.05, 0.1) is 6.61 Å². The van der Waals surface area contributed by atoms with Crippen LogP contribution >= 0.6 is 0 Å². The molecule has 3 atom stereocenters. The molecule has 0 radical (unpaired) electrons. The van der Waals surface area contributed by atoms with Crippen molar-refractivity contribution in [2.75, 3.05) is 19.7 Å². The van der Waals surface area contributed by atoms with Gasteiger partial charge in [0.25, 0.3) is 0 Å². The molecule has 0 bridgehead atoms. The smallest absolute Gasteiger partial charge is 0.330 e. The van der Waals surface area contributed by atoms with E-state index >= 15 is 0 Å². The van der Waals surface area contributed by atoms with Crippen LogP contribution in [-0.2, 0) is 9.53 Å². The quantitative estimate of drug-likeness (QED) is 0.557. The first kappa shape index (κ1) is 14.2. The van der Waals surface area contributed by atoms with E-state index < -0.39 is 0 Å². The molecule has 1 saturated heterocycles. The highest BCUT2D eigenvalue weighted by Gasteiger charge is 2.27. The van der Waals surface area contributed by atoms with Gasteiger partial charge in [-0.1, -0.05) is 19.9 Å². The summed E-state index contributed by atoms with van der Waals surface area (Å²) in [5.74, 6) is 1.24. The maximum atomic E-state index is 11.2. The van der Waals surface area contributed by atoms with Crippen molar-refractivity contribution < 1.29 is 9.53 Å². The Morgan fingerprint density at radius 2 is 2.12 bits per heavy atom. The van der Waals surface area contributed by atoms with E-state index in [0.717, 1.165) is 24.9 Å². The second kappa shape index (κ2) is 6.80. The Morgan fingerprint density at radius 3 is 2.76 bits per heavy atom. The van der Waals surface area contributed by atoms with Crippen LogP contribution in [0.3, 0.4) is 0 Å². The van der Waals surface area contributed by atoms with Crippen LogP contribution in [0.15, 0.2) is 12.2 Å². The van der Waals surface area contributed by atoms with Gasteiger partial charge in [-0.3, -0.25) is 4.90 Å². The van der Waals surface area contributed by atoms with Gasteiger partial charge in [0, 0.05) is 25.2 Å². The molecule has 1 rings (SSSR count). The number of piperidine rings is 1. The van der Waals surface area contributed by atoms with Crippen molar-refractivity contribution in [1.82, 2.24) is 4.90 Å². The summed E-state index contributed by atoms with van der Waals surface area (Å²) in [7, 11) is 0. The number of likely N-dealkylation sites (tertiary alicyclic amines) is 1. The van der Waals surface area contributed by atoms with Crippen molar-refractivity contribution in [1.29, 1.82) is 0 Å². The topological polar surface area (TPSA) is 29.5 Å². The van der Waals surface area contributed by atoms with Gasteiger partial charge in [-0.05, 0) is 32.1 Å². The van der Waals surface area contributed by atoms with E-state index in [1.807, 2.05) is 13.0 Å². The van der Waals surface area contributed by atoms with E-state index in [1.165, 1.54) is 6.42 Å². The number of carbonyl (C=O) groups is 1. The zero-order chi connectivity index (χ0) is 12.8. The van der Waals surface area contributed by atoms with E-state index in [9.17, 15) is 4.79 Å². The van der Waals surface area contributed by atoms with Crippen molar-refractivity contribution in [2.45, 2.75) is 40.2 Å². The van der Waals surface area contributed by atoms with Crippen LogP contribution < -0.4 is 0 Å². The SMILES string of the molecule is CCOC(=O)/C=C/CN1CC(C)CC(C)C1C. The molecule has 0 aromatic rings. The van der Waals surface area contributed by atoms with Crippen LogP contribution in [0.1, 0.15) is 34.1 Å². The first-order chi connectivity index (χ1) is 8.04. The lowest BCUT2D eigenvalue weighted by atomic mass is 9.86. The fraction of sp³-hybridized carbons (Fsp3) is 0.786. The third-order valence-electron chi connectivity index (χ3n) is 3.60. The molecule has 1 fully saturated rings. The molecule has 98 valence electrons. The zero-order valence-electron chi connectivity index (χ0n) is 11.5. The molecule has 1 heterocycles. The third kappa shape index (κ3) is 4.50. The molecule has 0 aromatic carbocycles. The highest BCUT2D eigenvalue weighted by atomic mass is 16.5. The number of nitrogens with zero attached hydrogens (tertiary/aromatic N) is 1. The summed E-state index contributed by atoms with van der Waals surface area (Å²) in [6, 6.07) is 0.595. The van der Waals surface area contributed by atoms with Gasteiger partial charge in [-0.15, -0.1) is 0 Å². The molecule has 0 aromatic heterocycles. The van der Waals surface area contributed by atoms with Gasteiger partial charge >= 0.3 is 5.97 Å². The highest BCUT2D eigenvalue weighted by Crippen LogP contribution is 2.26. The summed E-state index contributed by atoms with van der Waals surface area (Å²) >= 11 is 0. The molecule has 3 nitrogen and oxygen atoms in total. The van der Waals surface area contributed by atoms with Crippen molar-refractivity contribution in [3.63, 3.8) is 0 Å². The minimum atomic E-state index is -0.238. The Bertz CT molecular complexity index is 275. The molecule has 17 heavy (non-hydrogen) atoms. The van der Waals surface area contributed by atoms with Crippen LogP contribution in [0.4, 0.5) is 0 Å². The van der Waals surface area contributed by atoms with Crippen molar-refractivity contribution in [3.05, 3.63) is 12.2 Å². The van der Waals surface area contributed by atoms with E-state index in [0.29, 0.717) is 12.6 Å². The Kier molecular flexibility index (Phi) is 5.69. The molecular formula is C14H25NO2. The summed E-state index contributed by atoms with van der Waals surface area (Å²) in [5.41, 5.74) is 0. The molecule has 0 saturated carbocycles. The van der Waals surface area contributed by atoms with Crippen LogP contribution in [0.5, 0.6) is 0 Å². The van der Waals surface area contributed by atoms with E-state index in [2.05, 4.69) is 25.7 Å². The molecule has 3 heteroatoms. The third-order valence-corrected chi connectivity index (χ3v) is 3.60. The van der Waals surface area contributed by atoms with Crippen LogP contribution in [0.2, 0.25) is 0 Å². The standard InChI is InChI=1S/C14H25NO2/c1-5-17-14(16)7-6-8-15-10-11(2)9-12(3)13(15)4/h6-7,11-13H,5,8-10H2,1-4H3/b7-6+. The van der Waals surface area contributed by atoms with E-state index in [4.69, 9.17) is 4.74 Å². The molecule has 0 amide bonds. The fourth-order valence-electron chi connectivity index (χ4n) is 2.55. The lowest BCUT2D eigenvalue weighted by Crippen LogP contribution is -2.45. The lowest BCUT2D eigenvalue weighted by Gasteiger charge is -2.40. The summed E-state index contributed by atoms with van der Waals surface area (Å²) in [6.07, 6.45) is 4.76. The van der Waals surface area contributed by atoms with E-state index in [1.54, 1.807) is 6.08 Å². The van der Waals surface area contributed by atoms with Gasteiger partial charge in [0.2, 0.25) is 0 Å². The Labute approximate surface area is 105 Å². The second-order valence-corrected chi connectivity index (χ2v) is 5.17. The summed E-state index contributed by atoms with van der Waals surface area (Å²) in [4.78, 5) is 13.6. The average molecular weight is 239 g/mol. The summed E-state index contributed by atoms with van der Waals surface area (Å²) < 4.78 is 4.86. The lowest BCUT2D eigenvalue weighted by molar-refractivity contribution is -0.137. The van der Waals surface area contributed by atoms with Gasteiger partial charge < -0.3 is 4.74 Å². The van der Waals surface area contributed by atoms with Crippen LogP contribution in [-0.4, -0.2) is 36.6 Å². The molecule has 1 aliphatic rings. The summed E-state index contributed by atoms with van der Waals surface area (Å²) in [5, 5.41) is 0. The van der Waals surface area contributed by atoms with Crippen LogP contribution in [0, 0.1) is 11.8 Å². The van der Waals surface area contributed by atoms with Gasteiger partial charge in [0.15, 0.2) is 0 Å². The number of ether oxygens (including phenoxy) is 1. The molecule has 3 unspecified atom stereocenters. The molecule has 0 spiro atoms. The van der Waals surface area contributed by atoms with Crippen LogP contribution in [0.25, 0.3) is 0 Å². The monoisotopic (exact) mass is 239 g/mol. The minimum Gasteiger partial charge on any atom is -0.463 e. The first-order valence-electron chi connectivity index (χ1n) is 6.62. The highest BCUT2D eigenvalue weighted by molar-refractivity contribution is 5.81. The predicted molar refractivity (Wildman–Crippen MR) is 69.8 cm³/mol. The van der Waals surface area contributed by atoms with Gasteiger partial charge in [0.1, 0.15) is 0 Å². The second-order valence-electron chi connectivity index (χ2n) is 5.17. The number of hydrogen-bond donors (Lipinski definition) is 0. The summed E-state index contributed by atoms with van der Waals surface area (Å²) in [6.45, 7) is 11.1. The zero-order valence-corrected chi connectivity index (χ0v) is 11.5. The first-order valence-corrected chi connectivity index (χ1v) is 6.62. The number of carbonyl (C=O) groups excluding carboxylic acids is 1. The molecule has 0 aliphatic carbocycles. The normalized spacial score (nSPS) is 30.7. The predicted octanol–water partition coefficient (Wildman–Crippen LogP) is 2.47. The molecule has 0 N–H and O–H groups in total. The van der Waals surface area contributed by atoms with Crippen molar-refractivity contribution in [3.8, 4) is 0 Å². The van der Waals surface area contributed by atoms with Crippen molar-refractivity contribution in [2.24, 2.45) is 11.8 Å². The Balaban J connectivity index is 2.42. The number of hydrogen-bond acceptors (Lipinski definition) is 3. The maximum Gasteiger partial charge on any atom is 0.330 e. The van der Waals surface area contributed by atoms with Crippen molar-refractivity contribution >= 4 is 5.97 Å². The molecular weight excluding hydrogens is 214 g/mol. The Morgan fingerprint density at radius 1 is 1.41 bits per heavy atom. The maximum absolute atomic E-state index is 11.2. The Hall–Kier alpha value is -0.830. The average Bonchev–Trinajstić information content (AvgIpc) is 2.25. The number of esters is 1. The minimum absolute atomic E-state index is 0.238. The number of rotatable bonds is 4. The van der Waals surface area contributed by atoms with E-state index in [-0.39, 0.29) is 5.97 Å². The van der Waals surface area contributed by atoms with Gasteiger partial charge in [-0.25, -0.2) is 4.79 Å².